The molecule has 3 aromatic rings. The van der Waals surface area contributed by atoms with E-state index in [4.69, 9.17) is 9.97 Å². The van der Waals surface area contributed by atoms with Gasteiger partial charge in [0.25, 0.3) is 0 Å². The molecule has 0 saturated heterocycles. The van der Waals surface area contributed by atoms with Gasteiger partial charge in [0, 0.05) is 30.9 Å². The van der Waals surface area contributed by atoms with E-state index in [0.717, 1.165) is 43.4 Å². The SMILES string of the molecule is Cc1cc(NCCCc2ccccc2)nc(N(Cc2ccccc2)C(C)C)n1. The Balaban J connectivity index is 1.65. The molecule has 4 heteroatoms. The van der Waals surface area contributed by atoms with Gasteiger partial charge in [0.15, 0.2) is 0 Å². The van der Waals surface area contributed by atoms with Crippen LogP contribution in [0, 0.1) is 6.92 Å². The molecular formula is C24H30N4. The molecule has 0 fully saturated rings. The fourth-order valence-electron chi connectivity index (χ4n) is 3.19. The Morgan fingerprint density at radius 1 is 0.893 bits per heavy atom. The Kier molecular flexibility index (Phi) is 7.01. The Hall–Kier alpha value is -2.88. The van der Waals surface area contributed by atoms with Gasteiger partial charge in [-0.1, -0.05) is 60.7 Å². The molecule has 1 N–H and O–H groups in total. The lowest BCUT2D eigenvalue weighted by Crippen LogP contribution is -2.32. The Bertz CT molecular complexity index is 847. The van der Waals surface area contributed by atoms with E-state index in [1.54, 1.807) is 0 Å². The first-order valence-electron chi connectivity index (χ1n) is 10.1. The van der Waals surface area contributed by atoms with Crippen LogP contribution in [0.3, 0.4) is 0 Å². The number of hydrogen-bond donors (Lipinski definition) is 1. The minimum Gasteiger partial charge on any atom is -0.370 e. The number of hydrogen-bond acceptors (Lipinski definition) is 4. The van der Waals surface area contributed by atoms with Gasteiger partial charge in [-0.2, -0.15) is 4.98 Å². The number of nitrogens with one attached hydrogen (secondary N) is 1. The summed E-state index contributed by atoms with van der Waals surface area (Å²) in [7, 11) is 0. The Morgan fingerprint density at radius 2 is 1.54 bits per heavy atom. The topological polar surface area (TPSA) is 41.1 Å². The van der Waals surface area contributed by atoms with Crippen LogP contribution >= 0.6 is 0 Å². The standard InChI is InChI=1S/C24H30N4/c1-19(2)28(18-22-13-8-5-9-14-22)24-26-20(3)17-23(27-24)25-16-10-15-21-11-6-4-7-12-21/h4-9,11-14,17,19H,10,15-16,18H2,1-3H3,(H,25,26,27). The predicted molar refractivity (Wildman–Crippen MR) is 118 cm³/mol. The molecule has 0 saturated carbocycles. The third kappa shape index (κ3) is 5.81. The summed E-state index contributed by atoms with van der Waals surface area (Å²) >= 11 is 0. The summed E-state index contributed by atoms with van der Waals surface area (Å²) in [5.74, 6) is 1.68. The average molecular weight is 375 g/mol. The molecule has 1 aromatic heterocycles. The van der Waals surface area contributed by atoms with Crippen molar-refractivity contribution in [2.24, 2.45) is 0 Å². The van der Waals surface area contributed by atoms with Crippen LogP contribution in [0.25, 0.3) is 0 Å². The molecule has 0 bridgehead atoms. The zero-order valence-corrected chi connectivity index (χ0v) is 17.1. The maximum absolute atomic E-state index is 4.80. The molecule has 0 atom stereocenters. The highest BCUT2D eigenvalue weighted by Gasteiger charge is 2.15. The van der Waals surface area contributed by atoms with Crippen molar-refractivity contribution >= 4 is 11.8 Å². The smallest absolute Gasteiger partial charge is 0.228 e. The first-order chi connectivity index (χ1) is 13.6. The molecular weight excluding hydrogens is 344 g/mol. The lowest BCUT2D eigenvalue weighted by atomic mass is 10.1. The van der Waals surface area contributed by atoms with Crippen LogP contribution in [0.1, 0.15) is 37.1 Å². The third-order valence-corrected chi connectivity index (χ3v) is 4.71. The van der Waals surface area contributed by atoms with Gasteiger partial charge in [-0.05, 0) is 44.7 Å². The van der Waals surface area contributed by atoms with Crippen molar-refractivity contribution in [1.29, 1.82) is 0 Å². The monoisotopic (exact) mass is 374 g/mol. The number of aryl methyl sites for hydroxylation is 2. The van der Waals surface area contributed by atoms with E-state index < -0.39 is 0 Å². The van der Waals surface area contributed by atoms with Gasteiger partial charge in [0.2, 0.25) is 5.95 Å². The number of rotatable bonds is 9. The van der Waals surface area contributed by atoms with Crippen molar-refractivity contribution in [3.63, 3.8) is 0 Å². The molecule has 0 aliphatic heterocycles. The average Bonchev–Trinajstić information content (AvgIpc) is 2.70. The minimum absolute atomic E-state index is 0.313. The summed E-state index contributed by atoms with van der Waals surface area (Å²) in [6.07, 6.45) is 2.14. The van der Waals surface area contributed by atoms with Crippen molar-refractivity contribution in [3.8, 4) is 0 Å². The summed E-state index contributed by atoms with van der Waals surface area (Å²) < 4.78 is 0. The molecule has 3 rings (SSSR count). The van der Waals surface area contributed by atoms with Gasteiger partial charge in [-0.3, -0.25) is 0 Å². The highest BCUT2D eigenvalue weighted by atomic mass is 15.3. The predicted octanol–water partition coefficient (Wildman–Crippen LogP) is 5.24. The van der Waals surface area contributed by atoms with Gasteiger partial charge >= 0.3 is 0 Å². The second kappa shape index (κ2) is 9.88. The zero-order valence-electron chi connectivity index (χ0n) is 17.1. The van der Waals surface area contributed by atoms with Crippen molar-refractivity contribution in [2.75, 3.05) is 16.8 Å². The molecule has 4 nitrogen and oxygen atoms in total. The molecule has 0 aliphatic rings. The van der Waals surface area contributed by atoms with Crippen LogP contribution in [-0.2, 0) is 13.0 Å². The van der Waals surface area contributed by atoms with Gasteiger partial charge < -0.3 is 10.2 Å². The van der Waals surface area contributed by atoms with Gasteiger partial charge in [0.1, 0.15) is 5.82 Å². The number of aromatic nitrogens is 2. The second-order valence-corrected chi connectivity index (χ2v) is 7.42. The summed E-state index contributed by atoms with van der Waals surface area (Å²) in [6, 6.07) is 23.4. The van der Waals surface area contributed by atoms with E-state index in [0.29, 0.717) is 6.04 Å². The van der Waals surface area contributed by atoms with Gasteiger partial charge in [0.05, 0.1) is 0 Å². The molecule has 1 heterocycles. The Labute approximate surface area is 168 Å². The Morgan fingerprint density at radius 3 is 2.18 bits per heavy atom. The van der Waals surface area contributed by atoms with Crippen LogP contribution in [-0.4, -0.2) is 22.6 Å². The molecule has 0 amide bonds. The number of anilines is 2. The van der Waals surface area contributed by atoms with Crippen molar-refractivity contribution in [2.45, 2.75) is 46.2 Å². The highest BCUT2D eigenvalue weighted by molar-refractivity contribution is 5.44. The summed E-state index contributed by atoms with van der Waals surface area (Å²) in [6.45, 7) is 8.09. The normalized spacial score (nSPS) is 10.9. The van der Waals surface area contributed by atoms with E-state index in [-0.39, 0.29) is 0 Å². The molecule has 0 unspecified atom stereocenters. The maximum Gasteiger partial charge on any atom is 0.228 e. The van der Waals surface area contributed by atoms with Crippen LogP contribution in [0.2, 0.25) is 0 Å². The fraction of sp³-hybridized carbons (Fsp3) is 0.333. The van der Waals surface area contributed by atoms with Crippen LogP contribution < -0.4 is 10.2 Å². The quantitative estimate of drug-likeness (QED) is 0.520. The third-order valence-electron chi connectivity index (χ3n) is 4.71. The zero-order chi connectivity index (χ0) is 19.8. The summed E-state index contributed by atoms with van der Waals surface area (Å²) in [5.41, 5.74) is 3.62. The van der Waals surface area contributed by atoms with E-state index in [2.05, 4.69) is 78.7 Å². The number of nitrogens with zero attached hydrogens (tertiary/aromatic N) is 3. The van der Waals surface area contributed by atoms with Crippen LogP contribution in [0.5, 0.6) is 0 Å². The lowest BCUT2D eigenvalue weighted by molar-refractivity contribution is 0.659. The molecule has 0 spiro atoms. The summed E-state index contributed by atoms with van der Waals surface area (Å²) in [4.78, 5) is 11.7. The van der Waals surface area contributed by atoms with Gasteiger partial charge in [-0.15, -0.1) is 0 Å². The highest BCUT2D eigenvalue weighted by Crippen LogP contribution is 2.19. The van der Waals surface area contributed by atoms with Gasteiger partial charge in [-0.25, -0.2) is 4.98 Å². The van der Waals surface area contributed by atoms with Crippen molar-refractivity contribution < 1.29 is 0 Å². The van der Waals surface area contributed by atoms with E-state index >= 15 is 0 Å². The van der Waals surface area contributed by atoms with E-state index in [1.807, 2.05) is 19.1 Å². The lowest BCUT2D eigenvalue weighted by Gasteiger charge is -2.27. The fourth-order valence-corrected chi connectivity index (χ4v) is 3.19. The largest absolute Gasteiger partial charge is 0.370 e. The van der Waals surface area contributed by atoms with Crippen molar-refractivity contribution in [3.05, 3.63) is 83.6 Å². The molecule has 0 radical (unpaired) electrons. The molecule has 28 heavy (non-hydrogen) atoms. The minimum atomic E-state index is 0.313. The molecule has 2 aromatic carbocycles. The first-order valence-corrected chi connectivity index (χ1v) is 10.1. The number of benzene rings is 2. The second-order valence-electron chi connectivity index (χ2n) is 7.42. The van der Waals surface area contributed by atoms with E-state index in [9.17, 15) is 0 Å². The van der Waals surface area contributed by atoms with Crippen LogP contribution in [0.15, 0.2) is 66.7 Å². The summed E-state index contributed by atoms with van der Waals surface area (Å²) in [5, 5.41) is 3.48. The molecule has 0 aliphatic carbocycles. The molecule has 146 valence electrons. The van der Waals surface area contributed by atoms with E-state index in [1.165, 1.54) is 11.1 Å². The van der Waals surface area contributed by atoms with Crippen LogP contribution in [0.4, 0.5) is 11.8 Å². The first kappa shape index (κ1) is 19.9. The van der Waals surface area contributed by atoms with Crippen molar-refractivity contribution in [1.82, 2.24) is 9.97 Å². The maximum atomic E-state index is 4.80.